The Morgan fingerprint density at radius 3 is 2.19 bits per heavy atom. The van der Waals surface area contributed by atoms with Crippen LogP contribution in [0.25, 0.3) is 0 Å². The normalized spacial score (nSPS) is 19.4. The van der Waals surface area contributed by atoms with Gasteiger partial charge in [-0.3, -0.25) is 14.5 Å². The van der Waals surface area contributed by atoms with Crippen molar-refractivity contribution in [3.05, 3.63) is 69.8 Å². The molecule has 1 aliphatic heterocycles. The lowest BCUT2D eigenvalue weighted by Crippen LogP contribution is -2.41. The number of amides is 3. The zero-order valence-corrected chi connectivity index (χ0v) is 16.3. The first-order chi connectivity index (χ1) is 12.6. The lowest BCUT2D eigenvalue weighted by atomic mass is 9.91. The van der Waals surface area contributed by atoms with Gasteiger partial charge in [0.15, 0.2) is 5.78 Å². The third-order valence-electron chi connectivity index (χ3n) is 5.35. The van der Waals surface area contributed by atoms with Gasteiger partial charge in [0.05, 0.1) is 6.54 Å². The quantitative estimate of drug-likeness (QED) is 0.666. The Bertz CT molecular complexity index is 947. The fourth-order valence-corrected chi connectivity index (χ4v) is 3.41. The summed E-state index contributed by atoms with van der Waals surface area (Å²) in [6, 6.07) is 10.7. The number of rotatable bonds is 4. The molecule has 1 saturated heterocycles. The predicted molar refractivity (Wildman–Crippen MR) is 104 cm³/mol. The van der Waals surface area contributed by atoms with E-state index < -0.39 is 17.5 Å². The summed E-state index contributed by atoms with van der Waals surface area (Å²) in [4.78, 5) is 39.2. The third-order valence-corrected chi connectivity index (χ3v) is 5.35. The number of hydrogen-bond donors (Lipinski definition) is 1. The standard InChI is InChI=1S/C22H24N2O3/c1-13-6-8-17(9-7-13)22(5)20(26)24(21(27)23-22)12-19(25)18-11-15(3)14(2)10-16(18)4/h6-11H,12H2,1-5H3,(H,23,27)/t22-/m1/s1. The van der Waals surface area contributed by atoms with Crippen molar-refractivity contribution in [2.75, 3.05) is 6.54 Å². The second-order valence-electron chi connectivity index (χ2n) is 7.49. The van der Waals surface area contributed by atoms with Crippen LogP contribution in [0.2, 0.25) is 0 Å². The zero-order chi connectivity index (χ0) is 19.9. The maximum Gasteiger partial charge on any atom is 0.325 e. The molecular weight excluding hydrogens is 340 g/mol. The molecule has 0 saturated carbocycles. The average molecular weight is 364 g/mol. The van der Waals surface area contributed by atoms with Gasteiger partial charge in [0, 0.05) is 5.56 Å². The van der Waals surface area contributed by atoms with Crippen LogP contribution in [0.5, 0.6) is 0 Å². The molecule has 0 aromatic heterocycles. The number of hydrogen-bond acceptors (Lipinski definition) is 3. The van der Waals surface area contributed by atoms with Gasteiger partial charge >= 0.3 is 6.03 Å². The van der Waals surface area contributed by atoms with Crippen molar-refractivity contribution in [1.29, 1.82) is 0 Å². The van der Waals surface area contributed by atoms with Gasteiger partial charge in [-0.2, -0.15) is 0 Å². The van der Waals surface area contributed by atoms with E-state index in [9.17, 15) is 14.4 Å². The van der Waals surface area contributed by atoms with E-state index in [1.54, 1.807) is 6.92 Å². The van der Waals surface area contributed by atoms with E-state index in [0.29, 0.717) is 11.1 Å². The summed E-state index contributed by atoms with van der Waals surface area (Å²) < 4.78 is 0. The minimum Gasteiger partial charge on any atom is -0.319 e. The van der Waals surface area contributed by atoms with E-state index in [-0.39, 0.29) is 12.3 Å². The molecule has 5 heteroatoms. The number of urea groups is 1. The second-order valence-corrected chi connectivity index (χ2v) is 7.49. The minimum absolute atomic E-state index is 0.243. The van der Waals surface area contributed by atoms with Crippen LogP contribution >= 0.6 is 0 Å². The topological polar surface area (TPSA) is 66.5 Å². The van der Waals surface area contributed by atoms with Gasteiger partial charge < -0.3 is 5.32 Å². The van der Waals surface area contributed by atoms with Crippen molar-refractivity contribution in [2.45, 2.75) is 40.2 Å². The molecule has 1 fully saturated rings. The van der Waals surface area contributed by atoms with E-state index in [0.717, 1.165) is 27.2 Å². The number of nitrogens with one attached hydrogen (secondary N) is 1. The number of aryl methyl sites for hydroxylation is 4. The van der Waals surface area contributed by atoms with Crippen molar-refractivity contribution in [3.8, 4) is 0 Å². The van der Waals surface area contributed by atoms with E-state index in [2.05, 4.69) is 5.32 Å². The Hall–Kier alpha value is -2.95. The van der Waals surface area contributed by atoms with Crippen LogP contribution in [0.3, 0.4) is 0 Å². The first kappa shape index (κ1) is 18.8. The fourth-order valence-electron chi connectivity index (χ4n) is 3.41. The Morgan fingerprint density at radius 2 is 1.56 bits per heavy atom. The maximum absolute atomic E-state index is 13.0. The van der Waals surface area contributed by atoms with Crippen LogP contribution < -0.4 is 5.32 Å². The summed E-state index contributed by atoms with van der Waals surface area (Å²) in [7, 11) is 0. The first-order valence-electron chi connectivity index (χ1n) is 8.96. The monoisotopic (exact) mass is 364 g/mol. The van der Waals surface area contributed by atoms with Crippen LogP contribution in [-0.2, 0) is 10.3 Å². The number of carbonyl (C=O) groups excluding carboxylic acids is 3. The van der Waals surface area contributed by atoms with E-state index in [4.69, 9.17) is 0 Å². The van der Waals surface area contributed by atoms with Crippen LogP contribution in [0.1, 0.15) is 45.1 Å². The van der Waals surface area contributed by atoms with Gasteiger partial charge in [0.2, 0.25) is 0 Å². The number of imide groups is 1. The van der Waals surface area contributed by atoms with Gasteiger partial charge in [-0.25, -0.2) is 4.79 Å². The van der Waals surface area contributed by atoms with Crippen molar-refractivity contribution < 1.29 is 14.4 Å². The molecule has 0 radical (unpaired) electrons. The lowest BCUT2D eigenvalue weighted by molar-refractivity contribution is -0.130. The molecule has 1 heterocycles. The van der Waals surface area contributed by atoms with E-state index >= 15 is 0 Å². The molecule has 1 aliphatic rings. The van der Waals surface area contributed by atoms with Crippen LogP contribution in [0.15, 0.2) is 36.4 Å². The highest BCUT2D eigenvalue weighted by Gasteiger charge is 2.49. The van der Waals surface area contributed by atoms with Gasteiger partial charge in [0.25, 0.3) is 5.91 Å². The Balaban J connectivity index is 1.87. The highest BCUT2D eigenvalue weighted by atomic mass is 16.2. The summed E-state index contributed by atoms with van der Waals surface area (Å²) in [6.07, 6.45) is 0. The molecular formula is C22H24N2O3. The average Bonchev–Trinajstić information content (AvgIpc) is 2.82. The molecule has 1 atom stereocenters. The number of Topliss-reactive ketones (excluding diaryl/α,β-unsaturated/α-hetero) is 1. The highest BCUT2D eigenvalue weighted by molar-refractivity contribution is 6.11. The molecule has 0 aliphatic carbocycles. The number of carbonyl (C=O) groups is 3. The molecule has 2 aromatic rings. The van der Waals surface area contributed by atoms with Gasteiger partial charge in [-0.05, 0) is 62.9 Å². The predicted octanol–water partition coefficient (Wildman–Crippen LogP) is 3.57. The number of benzene rings is 2. The molecule has 2 aromatic carbocycles. The van der Waals surface area contributed by atoms with Crippen LogP contribution in [-0.4, -0.2) is 29.2 Å². The molecule has 1 N–H and O–H groups in total. The maximum atomic E-state index is 13.0. The molecule has 3 rings (SSSR count). The summed E-state index contributed by atoms with van der Waals surface area (Å²) in [5.74, 6) is -0.654. The van der Waals surface area contributed by atoms with Crippen molar-refractivity contribution in [3.63, 3.8) is 0 Å². The second kappa shape index (κ2) is 6.65. The van der Waals surface area contributed by atoms with Crippen molar-refractivity contribution in [1.82, 2.24) is 10.2 Å². The highest BCUT2D eigenvalue weighted by Crippen LogP contribution is 2.29. The first-order valence-corrected chi connectivity index (χ1v) is 8.96. The molecule has 5 nitrogen and oxygen atoms in total. The van der Waals surface area contributed by atoms with Crippen molar-refractivity contribution in [2.24, 2.45) is 0 Å². The Labute approximate surface area is 159 Å². The van der Waals surface area contributed by atoms with Gasteiger partial charge in [-0.15, -0.1) is 0 Å². The molecule has 3 amide bonds. The Morgan fingerprint density at radius 1 is 0.963 bits per heavy atom. The number of nitrogens with zero attached hydrogens (tertiary/aromatic N) is 1. The summed E-state index contributed by atoms with van der Waals surface area (Å²) in [5, 5.41) is 2.74. The minimum atomic E-state index is -1.16. The molecule has 27 heavy (non-hydrogen) atoms. The van der Waals surface area contributed by atoms with Crippen LogP contribution in [0, 0.1) is 27.7 Å². The van der Waals surface area contributed by atoms with Crippen LogP contribution in [0.4, 0.5) is 4.79 Å². The SMILES string of the molecule is Cc1ccc([C@@]2(C)NC(=O)N(CC(=O)c3cc(C)c(C)cc3C)C2=O)cc1. The van der Waals surface area contributed by atoms with Gasteiger partial charge in [0.1, 0.15) is 5.54 Å². The zero-order valence-electron chi connectivity index (χ0n) is 16.3. The smallest absolute Gasteiger partial charge is 0.319 e. The number of ketones is 1. The molecule has 0 bridgehead atoms. The Kier molecular flexibility index (Phi) is 4.64. The van der Waals surface area contributed by atoms with Gasteiger partial charge in [-0.1, -0.05) is 35.9 Å². The summed E-state index contributed by atoms with van der Waals surface area (Å²) >= 11 is 0. The van der Waals surface area contributed by atoms with Crippen molar-refractivity contribution >= 4 is 17.7 Å². The molecule has 0 unspecified atom stereocenters. The summed E-state index contributed by atoms with van der Waals surface area (Å²) in [6.45, 7) is 9.15. The molecule has 140 valence electrons. The van der Waals surface area contributed by atoms with E-state index in [1.165, 1.54) is 0 Å². The third kappa shape index (κ3) is 3.25. The largest absolute Gasteiger partial charge is 0.325 e. The van der Waals surface area contributed by atoms with E-state index in [1.807, 2.05) is 64.1 Å². The lowest BCUT2D eigenvalue weighted by Gasteiger charge is -2.22. The summed E-state index contributed by atoms with van der Waals surface area (Å²) in [5.41, 5.74) is 4.10. The molecule has 0 spiro atoms. The fraction of sp³-hybridized carbons (Fsp3) is 0.318.